The summed E-state index contributed by atoms with van der Waals surface area (Å²) >= 11 is 19.6. The molecule has 0 aromatic heterocycles. The van der Waals surface area contributed by atoms with E-state index in [1.54, 1.807) is 91.0 Å². The quantitative estimate of drug-likeness (QED) is 0.133. The molecule has 0 atom stereocenters. The molecule has 0 heterocycles. The highest BCUT2D eigenvalue weighted by Crippen LogP contribution is 2.27. The van der Waals surface area contributed by atoms with Gasteiger partial charge in [-0.3, -0.25) is 14.4 Å². The van der Waals surface area contributed by atoms with Crippen LogP contribution in [-0.4, -0.2) is 23.5 Å². The molecule has 6 nitrogen and oxygen atoms in total. The minimum absolute atomic E-state index is 0.0132. The van der Waals surface area contributed by atoms with Crippen LogP contribution in [0.5, 0.6) is 0 Å². The molecular formula is C30H22Cl3N3O3S. The first kappa shape index (κ1) is 29.2. The van der Waals surface area contributed by atoms with E-state index in [9.17, 15) is 14.4 Å². The van der Waals surface area contributed by atoms with E-state index in [2.05, 4.69) is 16.0 Å². The van der Waals surface area contributed by atoms with Gasteiger partial charge in [-0.15, -0.1) is 11.8 Å². The lowest BCUT2D eigenvalue weighted by Crippen LogP contribution is -2.30. The Morgan fingerprint density at radius 3 is 2.25 bits per heavy atom. The molecule has 4 rings (SSSR count). The third-order valence-corrected chi connectivity index (χ3v) is 7.29. The van der Waals surface area contributed by atoms with Gasteiger partial charge in [-0.05, 0) is 66.2 Å². The van der Waals surface area contributed by atoms with Gasteiger partial charge in [-0.1, -0.05) is 77.3 Å². The summed E-state index contributed by atoms with van der Waals surface area (Å²) in [6.45, 7) is 0. The van der Waals surface area contributed by atoms with Crippen molar-refractivity contribution < 1.29 is 14.4 Å². The van der Waals surface area contributed by atoms with Crippen LogP contribution < -0.4 is 16.0 Å². The van der Waals surface area contributed by atoms with Crippen LogP contribution in [0.2, 0.25) is 15.1 Å². The van der Waals surface area contributed by atoms with Crippen molar-refractivity contribution in [2.24, 2.45) is 0 Å². The van der Waals surface area contributed by atoms with Gasteiger partial charge in [0.1, 0.15) is 5.70 Å². The van der Waals surface area contributed by atoms with Crippen LogP contribution in [0.25, 0.3) is 6.08 Å². The average Bonchev–Trinajstić information content (AvgIpc) is 2.95. The van der Waals surface area contributed by atoms with Crippen LogP contribution in [-0.2, 0) is 9.59 Å². The molecule has 0 bridgehead atoms. The molecule has 0 unspecified atom stereocenters. The number of nitrogens with one attached hydrogen (secondary N) is 3. The van der Waals surface area contributed by atoms with Crippen molar-refractivity contribution in [1.29, 1.82) is 0 Å². The second-order valence-corrected chi connectivity index (χ2v) is 10.6. The highest BCUT2D eigenvalue weighted by Gasteiger charge is 2.16. The van der Waals surface area contributed by atoms with E-state index in [0.29, 0.717) is 37.6 Å². The third-order valence-electron chi connectivity index (χ3n) is 5.40. The maximum absolute atomic E-state index is 13.3. The van der Waals surface area contributed by atoms with E-state index < -0.39 is 11.8 Å². The Hall–Kier alpha value is -3.75. The largest absolute Gasteiger partial charge is 0.324 e. The molecule has 0 aliphatic rings. The molecule has 0 aliphatic carbocycles. The first-order chi connectivity index (χ1) is 19.3. The lowest BCUT2D eigenvalue weighted by molar-refractivity contribution is -0.114. The summed E-state index contributed by atoms with van der Waals surface area (Å²) in [6.07, 6.45) is 1.52. The fourth-order valence-corrected chi connectivity index (χ4v) is 4.88. The van der Waals surface area contributed by atoms with E-state index in [1.807, 2.05) is 6.07 Å². The Morgan fingerprint density at radius 2 is 1.50 bits per heavy atom. The van der Waals surface area contributed by atoms with E-state index in [0.717, 1.165) is 4.90 Å². The number of carbonyl (C=O) groups excluding carboxylic acids is 3. The summed E-state index contributed by atoms with van der Waals surface area (Å²) in [5.74, 6) is -1.12. The molecule has 0 aliphatic heterocycles. The zero-order chi connectivity index (χ0) is 28.5. The van der Waals surface area contributed by atoms with Crippen molar-refractivity contribution in [3.63, 3.8) is 0 Å². The molecule has 40 heavy (non-hydrogen) atoms. The Labute approximate surface area is 250 Å². The minimum Gasteiger partial charge on any atom is -0.324 e. The van der Waals surface area contributed by atoms with Crippen LogP contribution in [0, 0.1) is 0 Å². The Kier molecular flexibility index (Phi) is 10.3. The Morgan fingerprint density at radius 1 is 0.750 bits per heavy atom. The number of halogens is 3. The molecule has 0 fully saturated rings. The molecule has 4 aromatic carbocycles. The highest BCUT2D eigenvalue weighted by atomic mass is 35.5. The molecule has 0 radical (unpaired) electrons. The Bertz CT molecular complexity index is 1580. The summed E-state index contributed by atoms with van der Waals surface area (Å²) in [7, 11) is 0. The Balaban J connectivity index is 1.45. The summed E-state index contributed by atoms with van der Waals surface area (Å²) in [6, 6.07) is 27.4. The van der Waals surface area contributed by atoms with Crippen molar-refractivity contribution in [2.75, 3.05) is 16.4 Å². The predicted octanol–water partition coefficient (Wildman–Crippen LogP) is 7.79. The van der Waals surface area contributed by atoms with Crippen LogP contribution in [0.3, 0.4) is 0 Å². The van der Waals surface area contributed by atoms with Gasteiger partial charge in [0.25, 0.3) is 11.8 Å². The number of rotatable bonds is 9. The zero-order valence-corrected chi connectivity index (χ0v) is 23.9. The topological polar surface area (TPSA) is 87.3 Å². The van der Waals surface area contributed by atoms with Gasteiger partial charge in [-0.25, -0.2) is 0 Å². The van der Waals surface area contributed by atoms with E-state index in [1.165, 1.54) is 17.8 Å². The number of thioether (sulfide) groups is 1. The third kappa shape index (κ3) is 8.37. The van der Waals surface area contributed by atoms with Gasteiger partial charge in [0.05, 0.1) is 16.5 Å². The van der Waals surface area contributed by atoms with Crippen LogP contribution >= 0.6 is 46.6 Å². The predicted molar refractivity (Wildman–Crippen MR) is 164 cm³/mol. The lowest BCUT2D eigenvalue weighted by atomic mass is 10.1. The summed E-state index contributed by atoms with van der Waals surface area (Å²) in [5, 5.41) is 9.49. The summed E-state index contributed by atoms with van der Waals surface area (Å²) < 4.78 is 0. The summed E-state index contributed by atoms with van der Waals surface area (Å²) in [5.41, 5.74) is 1.93. The SMILES string of the molecule is O=C(CSc1cccc(NC(=O)/C(=C\c2ccccc2Cl)NC(=O)c2ccccc2)c1)Nc1ccc(Cl)cc1Cl. The number of carbonyl (C=O) groups is 3. The van der Waals surface area contributed by atoms with Gasteiger partial charge in [0.15, 0.2) is 0 Å². The zero-order valence-electron chi connectivity index (χ0n) is 20.8. The molecule has 0 saturated carbocycles. The molecule has 0 saturated heterocycles. The fourth-order valence-electron chi connectivity index (χ4n) is 3.48. The number of hydrogen-bond acceptors (Lipinski definition) is 4. The molecule has 10 heteroatoms. The fraction of sp³-hybridized carbons (Fsp3) is 0.0333. The van der Waals surface area contributed by atoms with Gasteiger partial charge in [-0.2, -0.15) is 0 Å². The molecule has 202 valence electrons. The second-order valence-electron chi connectivity index (χ2n) is 8.34. The van der Waals surface area contributed by atoms with Crippen LogP contribution in [0.1, 0.15) is 15.9 Å². The van der Waals surface area contributed by atoms with Crippen LogP contribution in [0.15, 0.2) is 108 Å². The number of anilines is 2. The molecular weight excluding hydrogens is 589 g/mol. The number of amides is 3. The first-order valence-corrected chi connectivity index (χ1v) is 14.0. The first-order valence-electron chi connectivity index (χ1n) is 11.9. The number of benzene rings is 4. The van der Waals surface area contributed by atoms with Gasteiger partial charge in [0, 0.05) is 26.2 Å². The van der Waals surface area contributed by atoms with Crippen molar-refractivity contribution in [3.8, 4) is 0 Å². The van der Waals surface area contributed by atoms with E-state index in [4.69, 9.17) is 34.8 Å². The molecule has 4 aromatic rings. The van der Waals surface area contributed by atoms with Crippen molar-refractivity contribution in [2.45, 2.75) is 4.90 Å². The standard InChI is InChI=1S/C30H22Cl3N3O3S/c31-21-13-14-26(25(33)16-21)35-28(37)18-40-23-11-6-10-22(17-23)34-30(39)27(15-20-9-4-5-12-24(20)32)36-29(38)19-7-2-1-3-8-19/h1-17H,18H2,(H,34,39)(H,35,37)(H,36,38)/b27-15+. The smallest absolute Gasteiger partial charge is 0.272 e. The second kappa shape index (κ2) is 14.1. The maximum Gasteiger partial charge on any atom is 0.272 e. The lowest BCUT2D eigenvalue weighted by Gasteiger charge is -2.13. The van der Waals surface area contributed by atoms with E-state index in [-0.39, 0.29) is 17.4 Å². The maximum atomic E-state index is 13.3. The minimum atomic E-state index is -0.540. The summed E-state index contributed by atoms with van der Waals surface area (Å²) in [4.78, 5) is 39.3. The van der Waals surface area contributed by atoms with Gasteiger partial charge >= 0.3 is 0 Å². The van der Waals surface area contributed by atoms with Gasteiger partial charge < -0.3 is 16.0 Å². The van der Waals surface area contributed by atoms with Crippen molar-refractivity contribution in [3.05, 3.63) is 129 Å². The molecule has 0 spiro atoms. The molecule has 3 amide bonds. The van der Waals surface area contributed by atoms with Crippen molar-refractivity contribution >= 4 is 81.7 Å². The van der Waals surface area contributed by atoms with Crippen molar-refractivity contribution in [1.82, 2.24) is 5.32 Å². The highest BCUT2D eigenvalue weighted by molar-refractivity contribution is 8.00. The average molecular weight is 611 g/mol. The molecule has 3 N–H and O–H groups in total. The van der Waals surface area contributed by atoms with Gasteiger partial charge in [0.2, 0.25) is 5.91 Å². The van der Waals surface area contributed by atoms with E-state index >= 15 is 0 Å². The normalized spacial score (nSPS) is 11.0. The monoisotopic (exact) mass is 609 g/mol. The van der Waals surface area contributed by atoms with Crippen LogP contribution in [0.4, 0.5) is 11.4 Å². The number of hydrogen-bond donors (Lipinski definition) is 3.